The largest absolute Gasteiger partial charge is 0.455 e. The summed E-state index contributed by atoms with van der Waals surface area (Å²) in [4.78, 5) is 0. The molecule has 0 radical (unpaired) electrons. The van der Waals surface area contributed by atoms with E-state index in [4.69, 9.17) is 27.9 Å². The van der Waals surface area contributed by atoms with Crippen molar-refractivity contribution in [2.75, 3.05) is 6.54 Å². The smallest absolute Gasteiger partial charge is 0.146 e. The molecule has 0 aliphatic carbocycles. The fraction of sp³-hybridized carbons (Fsp3) is 0.294. The summed E-state index contributed by atoms with van der Waals surface area (Å²) in [6.45, 7) is 5.93. The molecule has 0 bridgehead atoms. The van der Waals surface area contributed by atoms with Crippen LogP contribution >= 0.6 is 23.2 Å². The van der Waals surface area contributed by atoms with Gasteiger partial charge in [-0.2, -0.15) is 0 Å². The second-order valence-corrected chi connectivity index (χ2v) is 6.09. The van der Waals surface area contributed by atoms with E-state index in [0.29, 0.717) is 28.3 Å². The summed E-state index contributed by atoms with van der Waals surface area (Å²) in [5, 5.41) is 4.66. The van der Waals surface area contributed by atoms with Gasteiger partial charge in [0.15, 0.2) is 0 Å². The highest BCUT2D eigenvalue weighted by molar-refractivity contribution is 6.32. The van der Waals surface area contributed by atoms with Crippen molar-refractivity contribution in [3.05, 3.63) is 58.1 Å². The van der Waals surface area contributed by atoms with Crippen molar-refractivity contribution in [3.63, 3.8) is 0 Å². The summed E-state index contributed by atoms with van der Waals surface area (Å²) >= 11 is 12.4. The molecule has 0 aliphatic rings. The van der Waals surface area contributed by atoms with Gasteiger partial charge in [0.2, 0.25) is 0 Å². The van der Waals surface area contributed by atoms with Crippen molar-refractivity contribution in [1.82, 2.24) is 5.32 Å². The van der Waals surface area contributed by atoms with Crippen molar-refractivity contribution in [2.45, 2.75) is 20.4 Å². The minimum absolute atomic E-state index is 0.582. The van der Waals surface area contributed by atoms with Crippen LogP contribution in [0.15, 0.2) is 42.5 Å². The molecule has 0 spiro atoms. The highest BCUT2D eigenvalue weighted by Crippen LogP contribution is 2.33. The van der Waals surface area contributed by atoms with Gasteiger partial charge in [0.05, 0.1) is 5.02 Å². The third kappa shape index (κ3) is 4.63. The van der Waals surface area contributed by atoms with Crippen molar-refractivity contribution >= 4 is 23.2 Å². The second-order valence-electron chi connectivity index (χ2n) is 5.27. The molecular formula is C17H19Cl2NO. The Labute approximate surface area is 136 Å². The molecule has 2 aromatic carbocycles. The normalized spacial score (nSPS) is 10.9. The maximum atomic E-state index is 6.30. The molecule has 0 aromatic heterocycles. The summed E-state index contributed by atoms with van der Waals surface area (Å²) in [6.07, 6.45) is 0. The first-order valence-corrected chi connectivity index (χ1v) is 7.74. The van der Waals surface area contributed by atoms with Gasteiger partial charge in [-0.25, -0.2) is 0 Å². The Balaban J connectivity index is 2.19. The number of hydrogen-bond donors (Lipinski definition) is 1. The van der Waals surface area contributed by atoms with Crippen LogP contribution in [0.2, 0.25) is 10.0 Å². The van der Waals surface area contributed by atoms with E-state index in [0.717, 1.165) is 17.9 Å². The molecule has 21 heavy (non-hydrogen) atoms. The van der Waals surface area contributed by atoms with Gasteiger partial charge in [-0.05, 0) is 36.7 Å². The van der Waals surface area contributed by atoms with E-state index in [1.165, 1.54) is 0 Å². The zero-order chi connectivity index (χ0) is 15.2. The average Bonchev–Trinajstić information content (AvgIpc) is 2.44. The second kappa shape index (κ2) is 7.69. The first kappa shape index (κ1) is 16.2. The molecule has 0 aliphatic heterocycles. The fourth-order valence-electron chi connectivity index (χ4n) is 1.94. The zero-order valence-corrected chi connectivity index (χ0v) is 13.7. The molecule has 0 saturated heterocycles. The van der Waals surface area contributed by atoms with Gasteiger partial charge in [-0.1, -0.05) is 55.2 Å². The minimum Gasteiger partial charge on any atom is -0.455 e. The van der Waals surface area contributed by atoms with Crippen LogP contribution in [0.25, 0.3) is 0 Å². The number of benzene rings is 2. The van der Waals surface area contributed by atoms with Gasteiger partial charge >= 0.3 is 0 Å². The van der Waals surface area contributed by atoms with Crippen LogP contribution in [0.3, 0.4) is 0 Å². The lowest BCUT2D eigenvalue weighted by Gasteiger charge is -2.15. The summed E-state index contributed by atoms with van der Waals surface area (Å²) in [6, 6.07) is 13.1. The summed E-state index contributed by atoms with van der Waals surface area (Å²) in [5.41, 5.74) is 0.944. The minimum atomic E-state index is 0.582. The standard InChI is InChI=1S/C17H19Cl2NO/c1-12(2)10-20-11-13-14(18)7-5-9-16(13)21-17-8-4-3-6-15(17)19/h3-9,12,20H,10-11H2,1-2H3. The first-order valence-electron chi connectivity index (χ1n) is 6.98. The Morgan fingerprint density at radius 1 is 0.952 bits per heavy atom. The Hall–Kier alpha value is -1.22. The van der Waals surface area contributed by atoms with Crippen LogP contribution in [-0.2, 0) is 6.54 Å². The van der Waals surface area contributed by atoms with Gasteiger partial charge in [0.1, 0.15) is 11.5 Å². The number of rotatable bonds is 6. The Kier molecular flexibility index (Phi) is 5.92. The summed E-state index contributed by atoms with van der Waals surface area (Å²) in [5.74, 6) is 1.94. The molecule has 0 saturated carbocycles. The SMILES string of the molecule is CC(C)CNCc1c(Cl)cccc1Oc1ccccc1Cl. The summed E-state index contributed by atoms with van der Waals surface area (Å²) < 4.78 is 5.92. The Bertz CT molecular complexity index is 599. The third-order valence-electron chi connectivity index (χ3n) is 2.99. The monoisotopic (exact) mass is 323 g/mol. The quantitative estimate of drug-likeness (QED) is 0.754. The van der Waals surface area contributed by atoms with Crippen molar-refractivity contribution < 1.29 is 4.74 Å². The van der Waals surface area contributed by atoms with Gasteiger partial charge in [-0.15, -0.1) is 0 Å². The van der Waals surface area contributed by atoms with Crippen LogP contribution in [0.4, 0.5) is 0 Å². The number of para-hydroxylation sites is 1. The van der Waals surface area contributed by atoms with E-state index in [2.05, 4.69) is 19.2 Å². The highest BCUT2D eigenvalue weighted by atomic mass is 35.5. The van der Waals surface area contributed by atoms with Crippen LogP contribution in [0, 0.1) is 5.92 Å². The Morgan fingerprint density at radius 3 is 2.33 bits per heavy atom. The molecule has 112 valence electrons. The molecule has 2 nitrogen and oxygen atoms in total. The molecular weight excluding hydrogens is 305 g/mol. The third-order valence-corrected chi connectivity index (χ3v) is 3.65. The van der Waals surface area contributed by atoms with E-state index in [-0.39, 0.29) is 0 Å². The predicted molar refractivity (Wildman–Crippen MR) is 89.5 cm³/mol. The lowest BCUT2D eigenvalue weighted by molar-refractivity contribution is 0.469. The van der Waals surface area contributed by atoms with Crippen molar-refractivity contribution in [2.24, 2.45) is 5.92 Å². The molecule has 0 unspecified atom stereocenters. The van der Waals surface area contributed by atoms with E-state index in [1.807, 2.05) is 36.4 Å². The van der Waals surface area contributed by atoms with Gasteiger partial charge in [0, 0.05) is 17.1 Å². The van der Waals surface area contributed by atoms with Crippen LogP contribution in [-0.4, -0.2) is 6.54 Å². The molecule has 2 aromatic rings. The van der Waals surface area contributed by atoms with E-state index in [1.54, 1.807) is 6.07 Å². The lowest BCUT2D eigenvalue weighted by atomic mass is 10.1. The molecule has 0 atom stereocenters. The maximum Gasteiger partial charge on any atom is 0.146 e. The average molecular weight is 324 g/mol. The zero-order valence-electron chi connectivity index (χ0n) is 12.2. The van der Waals surface area contributed by atoms with Crippen LogP contribution < -0.4 is 10.1 Å². The molecule has 4 heteroatoms. The maximum absolute atomic E-state index is 6.30. The topological polar surface area (TPSA) is 21.3 Å². The Morgan fingerprint density at radius 2 is 1.62 bits per heavy atom. The first-order chi connectivity index (χ1) is 10.1. The predicted octanol–water partition coefficient (Wildman–Crippen LogP) is 5.53. The fourth-order valence-corrected chi connectivity index (χ4v) is 2.34. The molecule has 2 rings (SSSR count). The van der Waals surface area contributed by atoms with Crippen LogP contribution in [0.5, 0.6) is 11.5 Å². The number of hydrogen-bond acceptors (Lipinski definition) is 2. The summed E-state index contributed by atoms with van der Waals surface area (Å²) in [7, 11) is 0. The highest BCUT2D eigenvalue weighted by Gasteiger charge is 2.10. The molecule has 1 N–H and O–H groups in total. The van der Waals surface area contributed by atoms with Crippen molar-refractivity contribution in [3.8, 4) is 11.5 Å². The van der Waals surface area contributed by atoms with Crippen LogP contribution in [0.1, 0.15) is 19.4 Å². The van der Waals surface area contributed by atoms with E-state index < -0.39 is 0 Å². The molecule has 0 heterocycles. The number of nitrogens with one attached hydrogen (secondary N) is 1. The molecule has 0 fully saturated rings. The van der Waals surface area contributed by atoms with Crippen molar-refractivity contribution in [1.29, 1.82) is 0 Å². The van der Waals surface area contributed by atoms with Gasteiger partial charge in [0.25, 0.3) is 0 Å². The van der Waals surface area contributed by atoms with E-state index >= 15 is 0 Å². The number of halogens is 2. The number of ether oxygens (including phenoxy) is 1. The lowest BCUT2D eigenvalue weighted by Crippen LogP contribution is -2.19. The van der Waals surface area contributed by atoms with E-state index in [9.17, 15) is 0 Å². The molecule has 0 amide bonds. The van der Waals surface area contributed by atoms with Gasteiger partial charge < -0.3 is 10.1 Å². The van der Waals surface area contributed by atoms with Gasteiger partial charge in [-0.3, -0.25) is 0 Å².